The fourth-order valence-corrected chi connectivity index (χ4v) is 2.10. The lowest BCUT2D eigenvalue weighted by Crippen LogP contribution is -1.99. The molecule has 0 saturated heterocycles. The van der Waals surface area contributed by atoms with E-state index in [1.54, 1.807) is 25.1 Å². The van der Waals surface area contributed by atoms with E-state index in [-0.39, 0.29) is 5.75 Å². The molecule has 2 nitrogen and oxygen atoms in total. The summed E-state index contributed by atoms with van der Waals surface area (Å²) in [6, 6.07) is 11.9. The third-order valence-electron chi connectivity index (χ3n) is 2.50. The van der Waals surface area contributed by atoms with Gasteiger partial charge in [0.1, 0.15) is 5.75 Å². The minimum Gasteiger partial charge on any atom is -0.453 e. The van der Waals surface area contributed by atoms with Crippen molar-refractivity contribution in [2.45, 2.75) is 13.0 Å². The normalized spacial score (nSPS) is 12.2. The van der Waals surface area contributed by atoms with Crippen molar-refractivity contribution in [3.8, 4) is 11.5 Å². The SMILES string of the molecule is CC(O)c1cccc(F)c1Oc1ccccc1I. The van der Waals surface area contributed by atoms with E-state index in [4.69, 9.17) is 4.74 Å². The Bertz CT molecular complexity index is 555. The summed E-state index contributed by atoms with van der Waals surface area (Å²) in [6.07, 6.45) is -0.780. The molecule has 0 saturated carbocycles. The Labute approximate surface area is 119 Å². The lowest BCUT2D eigenvalue weighted by atomic mass is 10.1. The summed E-state index contributed by atoms with van der Waals surface area (Å²) in [4.78, 5) is 0. The zero-order valence-corrected chi connectivity index (χ0v) is 11.9. The first-order valence-electron chi connectivity index (χ1n) is 5.48. The number of halogens is 2. The molecular weight excluding hydrogens is 346 g/mol. The number of rotatable bonds is 3. The van der Waals surface area contributed by atoms with Gasteiger partial charge >= 0.3 is 0 Å². The van der Waals surface area contributed by atoms with Gasteiger partial charge in [-0.1, -0.05) is 24.3 Å². The fourth-order valence-electron chi connectivity index (χ4n) is 1.60. The van der Waals surface area contributed by atoms with E-state index < -0.39 is 11.9 Å². The van der Waals surface area contributed by atoms with E-state index in [9.17, 15) is 9.50 Å². The first-order valence-corrected chi connectivity index (χ1v) is 6.56. The van der Waals surface area contributed by atoms with Gasteiger partial charge in [0.2, 0.25) is 0 Å². The Kier molecular flexibility index (Phi) is 4.19. The molecule has 1 atom stereocenters. The highest BCUT2D eigenvalue weighted by atomic mass is 127. The number of hydrogen-bond acceptors (Lipinski definition) is 2. The molecule has 0 spiro atoms. The van der Waals surface area contributed by atoms with Gasteiger partial charge in [-0.2, -0.15) is 0 Å². The second kappa shape index (κ2) is 5.67. The molecule has 0 aliphatic heterocycles. The van der Waals surface area contributed by atoms with Crippen LogP contribution in [0.15, 0.2) is 42.5 Å². The van der Waals surface area contributed by atoms with Crippen LogP contribution in [0.1, 0.15) is 18.6 Å². The molecule has 0 bridgehead atoms. The van der Waals surface area contributed by atoms with E-state index >= 15 is 0 Å². The predicted molar refractivity (Wildman–Crippen MR) is 76.3 cm³/mol. The Morgan fingerprint density at radius 2 is 1.89 bits per heavy atom. The molecule has 4 heteroatoms. The number of aliphatic hydroxyl groups is 1. The zero-order valence-electron chi connectivity index (χ0n) is 9.73. The molecule has 0 fully saturated rings. The standard InChI is InChI=1S/C14H12FIO2/c1-9(17)10-5-4-6-11(15)14(10)18-13-8-3-2-7-12(13)16/h2-9,17H,1H3. The van der Waals surface area contributed by atoms with Crippen molar-refractivity contribution in [1.29, 1.82) is 0 Å². The molecule has 2 rings (SSSR count). The van der Waals surface area contributed by atoms with Gasteiger partial charge in [-0.3, -0.25) is 0 Å². The van der Waals surface area contributed by atoms with E-state index in [0.29, 0.717) is 11.3 Å². The smallest absolute Gasteiger partial charge is 0.168 e. The van der Waals surface area contributed by atoms with Crippen LogP contribution in [0.25, 0.3) is 0 Å². The van der Waals surface area contributed by atoms with Crippen LogP contribution in [0.5, 0.6) is 11.5 Å². The first-order chi connectivity index (χ1) is 8.59. The van der Waals surface area contributed by atoms with Crippen molar-refractivity contribution >= 4 is 22.6 Å². The van der Waals surface area contributed by atoms with Crippen LogP contribution in [-0.4, -0.2) is 5.11 Å². The molecule has 0 aliphatic rings. The topological polar surface area (TPSA) is 29.5 Å². The lowest BCUT2D eigenvalue weighted by Gasteiger charge is -2.14. The van der Waals surface area contributed by atoms with E-state index in [1.165, 1.54) is 6.07 Å². The summed E-state index contributed by atoms with van der Waals surface area (Å²) >= 11 is 2.12. The highest BCUT2D eigenvalue weighted by molar-refractivity contribution is 14.1. The van der Waals surface area contributed by atoms with Gasteiger partial charge in [0.25, 0.3) is 0 Å². The Morgan fingerprint density at radius 1 is 1.17 bits per heavy atom. The van der Waals surface area contributed by atoms with Crippen LogP contribution in [0.3, 0.4) is 0 Å². The van der Waals surface area contributed by atoms with Crippen LogP contribution in [-0.2, 0) is 0 Å². The molecule has 94 valence electrons. The van der Waals surface area contributed by atoms with Gasteiger partial charge in [0.15, 0.2) is 11.6 Å². The number of ether oxygens (including phenoxy) is 1. The van der Waals surface area contributed by atoms with Gasteiger partial charge in [0, 0.05) is 5.56 Å². The quantitative estimate of drug-likeness (QED) is 0.831. The first kappa shape index (κ1) is 13.3. The lowest BCUT2D eigenvalue weighted by molar-refractivity contribution is 0.194. The van der Waals surface area contributed by atoms with Gasteiger partial charge < -0.3 is 9.84 Å². The summed E-state index contributed by atoms with van der Waals surface area (Å²) in [5, 5.41) is 9.63. The van der Waals surface area contributed by atoms with Gasteiger partial charge in [-0.15, -0.1) is 0 Å². The van der Waals surface area contributed by atoms with Crippen molar-refractivity contribution in [3.05, 3.63) is 57.4 Å². The predicted octanol–water partition coefficient (Wildman–Crippen LogP) is 4.28. The molecule has 0 aromatic heterocycles. The average molecular weight is 358 g/mol. The highest BCUT2D eigenvalue weighted by Crippen LogP contribution is 2.33. The molecule has 0 aliphatic carbocycles. The molecule has 2 aromatic rings. The summed E-state index contributed by atoms with van der Waals surface area (Å²) < 4.78 is 20.3. The van der Waals surface area contributed by atoms with Crippen LogP contribution in [0, 0.1) is 9.39 Å². The minimum absolute atomic E-state index is 0.0802. The van der Waals surface area contributed by atoms with Crippen LogP contribution in [0.4, 0.5) is 4.39 Å². The average Bonchev–Trinajstić information content (AvgIpc) is 2.34. The molecule has 1 N–H and O–H groups in total. The number of aliphatic hydroxyl groups excluding tert-OH is 1. The van der Waals surface area contributed by atoms with Crippen molar-refractivity contribution < 1.29 is 14.2 Å². The fraction of sp³-hybridized carbons (Fsp3) is 0.143. The second-order valence-electron chi connectivity index (χ2n) is 3.87. The van der Waals surface area contributed by atoms with Crippen molar-refractivity contribution in [1.82, 2.24) is 0 Å². The van der Waals surface area contributed by atoms with E-state index in [1.807, 2.05) is 18.2 Å². The largest absolute Gasteiger partial charge is 0.453 e. The molecule has 0 amide bonds. The third kappa shape index (κ3) is 2.81. The van der Waals surface area contributed by atoms with Gasteiger partial charge in [0.05, 0.1) is 9.67 Å². The minimum atomic E-state index is -0.780. The molecular formula is C14H12FIO2. The maximum Gasteiger partial charge on any atom is 0.168 e. The number of para-hydroxylation sites is 2. The second-order valence-corrected chi connectivity index (χ2v) is 5.03. The van der Waals surface area contributed by atoms with Gasteiger partial charge in [-0.05, 0) is 47.7 Å². The molecule has 18 heavy (non-hydrogen) atoms. The summed E-state index contributed by atoms with van der Waals surface area (Å²) in [5.41, 5.74) is 0.439. The Morgan fingerprint density at radius 3 is 2.56 bits per heavy atom. The number of benzene rings is 2. The molecule has 1 unspecified atom stereocenters. The summed E-state index contributed by atoms with van der Waals surface area (Å²) in [7, 11) is 0. The molecule has 0 heterocycles. The van der Waals surface area contributed by atoms with Crippen LogP contribution in [0.2, 0.25) is 0 Å². The van der Waals surface area contributed by atoms with E-state index in [2.05, 4.69) is 22.6 Å². The zero-order chi connectivity index (χ0) is 13.1. The monoisotopic (exact) mass is 358 g/mol. The summed E-state index contributed by atoms with van der Waals surface area (Å²) in [6.45, 7) is 1.58. The third-order valence-corrected chi connectivity index (χ3v) is 3.39. The molecule has 2 aromatic carbocycles. The summed E-state index contributed by atoms with van der Waals surface area (Å²) in [5.74, 6) is 0.176. The molecule has 0 radical (unpaired) electrons. The maximum absolute atomic E-state index is 13.8. The highest BCUT2D eigenvalue weighted by Gasteiger charge is 2.15. The van der Waals surface area contributed by atoms with Crippen molar-refractivity contribution in [2.24, 2.45) is 0 Å². The Balaban J connectivity index is 2.43. The van der Waals surface area contributed by atoms with Crippen molar-refractivity contribution in [2.75, 3.05) is 0 Å². The van der Waals surface area contributed by atoms with Crippen LogP contribution >= 0.6 is 22.6 Å². The van der Waals surface area contributed by atoms with Gasteiger partial charge in [-0.25, -0.2) is 4.39 Å². The van der Waals surface area contributed by atoms with E-state index in [0.717, 1.165) is 3.57 Å². The van der Waals surface area contributed by atoms with Crippen LogP contribution < -0.4 is 4.74 Å². The van der Waals surface area contributed by atoms with Crippen molar-refractivity contribution in [3.63, 3.8) is 0 Å². The Hall–Kier alpha value is -1.14. The maximum atomic E-state index is 13.8. The number of hydrogen-bond donors (Lipinski definition) is 1.